The van der Waals surface area contributed by atoms with Crippen LogP contribution in [0.5, 0.6) is 0 Å². The molecule has 0 aliphatic carbocycles. The minimum Gasteiger partial charge on any atom is -0.480 e. The lowest BCUT2D eigenvalue weighted by Crippen LogP contribution is -2.41. The first-order valence-electron chi connectivity index (χ1n) is 2.84. The van der Waals surface area contributed by atoms with Crippen LogP contribution in [0, 0.1) is 5.41 Å². The van der Waals surface area contributed by atoms with Crippen LogP contribution in [0.15, 0.2) is 0 Å². The number of halogens is 1. The van der Waals surface area contributed by atoms with Gasteiger partial charge < -0.3 is 10.8 Å². The maximum Gasteiger partial charge on any atom is 0.321 e. The summed E-state index contributed by atoms with van der Waals surface area (Å²) in [7, 11) is 0. The van der Waals surface area contributed by atoms with E-state index in [4.69, 9.17) is 10.8 Å². The van der Waals surface area contributed by atoms with Crippen LogP contribution in [0.25, 0.3) is 0 Å². The number of hydrogen-bond donors (Lipinski definition) is 2. The fraction of sp³-hybridized carbons (Fsp3) is 0.833. The van der Waals surface area contributed by atoms with Crippen LogP contribution in [0.4, 0.5) is 0 Å². The third-order valence-corrected chi connectivity index (χ3v) is 1.20. The lowest BCUT2D eigenvalue weighted by Gasteiger charge is -2.22. The van der Waals surface area contributed by atoms with Crippen molar-refractivity contribution < 1.29 is 9.90 Å². The average Bonchev–Trinajstić information content (AvgIpc) is 1.62. The van der Waals surface area contributed by atoms with Crippen molar-refractivity contribution in [2.45, 2.75) is 26.8 Å². The van der Waals surface area contributed by atoms with Crippen LogP contribution < -0.4 is 5.73 Å². The van der Waals surface area contributed by atoms with E-state index >= 15 is 0 Å². The Morgan fingerprint density at radius 1 is 1.50 bits per heavy atom. The van der Waals surface area contributed by atoms with Gasteiger partial charge in [-0.05, 0) is 5.41 Å². The summed E-state index contributed by atoms with van der Waals surface area (Å²) in [5, 5.41) is 8.39. The molecule has 10 heavy (non-hydrogen) atoms. The van der Waals surface area contributed by atoms with Crippen LogP contribution in [-0.4, -0.2) is 17.1 Å². The Morgan fingerprint density at radius 2 is 1.80 bits per heavy atom. The largest absolute Gasteiger partial charge is 0.480 e. The van der Waals surface area contributed by atoms with E-state index in [1.165, 1.54) is 0 Å². The van der Waals surface area contributed by atoms with Gasteiger partial charge in [-0.15, -0.1) is 12.4 Å². The standard InChI is InChI=1S/C6H13NO2.ClH/c1-6(2,3)4(7)5(8)9;/h4H,7H2,1-3H3,(H,8,9);1H/t4-;/m1./s1. The molecule has 0 rings (SSSR count). The summed E-state index contributed by atoms with van der Waals surface area (Å²) in [6, 6.07) is -0.766. The van der Waals surface area contributed by atoms with Crippen molar-refractivity contribution >= 4 is 18.4 Å². The Morgan fingerprint density at radius 3 is 1.80 bits per heavy atom. The molecule has 0 aliphatic heterocycles. The van der Waals surface area contributed by atoms with E-state index in [0.717, 1.165) is 0 Å². The molecule has 0 aromatic heterocycles. The van der Waals surface area contributed by atoms with E-state index in [-0.39, 0.29) is 17.8 Å². The summed E-state index contributed by atoms with van der Waals surface area (Å²) in [5.74, 6) is -0.942. The molecule has 1 atom stereocenters. The smallest absolute Gasteiger partial charge is 0.321 e. The molecule has 0 bridgehead atoms. The highest BCUT2D eigenvalue weighted by Crippen LogP contribution is 2.16. The zero-order valence-corrected chi connectivity index (χ0v) is 7.23. The number of carbonyl (C=O) groups is 1. The van der Waals surface area contributed by atoms with Gasteiger partial charge in [0.15, 0.2) is 0 Å². The maximum atomic E-state index is 10.2. The molecule has 0 saturated heterocycles. The third kappa shape index (κ3) is 3.69. The van der Waals surface area contributed by atoms with Gasteiger partial charge in [0.2, 0.25) is 0 Å². The topological polar surface area (TPSA) is 63.3 Å². The summed E-state index contributed by atoms with van der Waals surface area (Å²) in [6.45, 7) is 5.39. The normalized spacial score (nSPS) is 13.6. The maximum absolute atomic E-state index is 10.2. The van der Waals surface area contributed by atoms with Crippen molar-refractivity contribution in [3.63, 3.8) is 0 Å². The third-order valence-electron chi connectivity index (χ3n) is 1.20. The van der Waals surface area contributed by atoms with Crippen molar-refractivity contribution in [3.8, 4) is 0 Å². The Bertz CT molecular complexity index is 119. The molecule has 0 amide bonds. The molecule has 3 N–H and O–H groups in total. The lowest BCUT2D eigenvalue weighted by atomic mass is 9.88. The number of rotatable bonds is 1. The van der Waals surface area contributed by atoms with Gasteiger partial charge in [0.1, 0.15) is 6.04 Å². The van der Waals surface area contributed by atoms with Crippen molar-refractivity contribution in [1.82, 2.24) is 0 Å². The first kappa shape index (κ1) is 12.4. The molecule has 4 heteroatoms. The van der Waals surface area contributed by atoms with E-state index in [1.54, 1.807) is 20.8 Å². The van der Waals surface area contributed by atoms with E-state index in [0.29, 0.717) is 0 Å². The van der Waals surface area contributed by atoms with Crippen molar-refractivity contribution in [2.24, 2.45) is 11.1 Å². The van der Waals surface area contributed by atoms with Crippen LogP contribution in [-0.2, 0) is 4.79 Å². The second-order valence-corrected chi connectivity index (χ2v) is 3.18. The molecule has 0 heterocycles. The highest BCUT2D eigenvalue weighted by Gasteiger charge is 2.26. The molecule has 0 radical (unpaired) electrons. The highest BCUT2D eigenvalue weighted by molar-refractivity contribution is 5.85. The van der Waals surface area contributed by atoms with Gasteiger partial charge in [-0.2, -0.15) is 0 Å². The van der Waals surface area contributed by atoms with Gasteiger partial charge in [0, 0.05) is 0 Å². The SMILES string of the molecule is CC(C)(C)[C@H](N)C(=O)O.Cl. The molecule has 0 spiro atoms. The predicted octanol–water partition coefficient (Wildman–Crippen LogP) is 0.866. The number of carboxylic acids is 1. The van der Waals surface area contributed by atoms with Crippen LogP contribution in [0.3, 0.4) is 0 Å². The molecule has 0 fully saturated rings. The first-order chi connectivity index (χ1) is 3.85. The molecule has 0 unspecified atom stereocenters. The molecular formula is C6H14ClNO2. The quantitative estimate of drug-likeness (QED) is 0.609. The monoisotopic (exact) mass is 167 g/mol. The summed E-state index contributed by atoms with van der Waals surface area (Å²) in [4.78, 5) is 10.2. The average molecular weight is 168 g/mol. The second kappa shape index (κ2) is 3.78. The van der Waals surface area contributed by atoms with Crippen LogP contribution in [0.2, 0.25) is 0 Å². The number of hydrogen-bond acceptors (Lipinski definition) is 2. The van der Waals surface area contributed by atoms with Gasteiger partial charge in [-0.25, -0.2) is 0 Å². The minimum absolute atomic E-state index is 0. The predicted molar refractivity (Wildman–Crippen MR) is 42.3 cm³/mol. The molecule has 0 aliphatic rings. The lowest BCUT2D eigenvalue weighted by molar-refractivity contribution is -0.141. The number of nitrogens with two attached hydrogens (primary N) is 1. The number of aliphatic carboxylic acids is 1. The van der Waals surface area contributed by atoms with Gasteiger partial charge in [-0.1, -0.05) is 20.8 Å². The molecular weight excluding hydrogens is 154 g/mol. The number of carboxylic acid groups (broad SMARTS) is 1. The zero-order chi connectivity index (χ0) is 7.65. The van der Waals surface area contributed by atoms with E-state index < -0.39 is 12.0 Å². The summed E-state index contributed by atoms with van der Waals surface area (Å²) < 4.78 is 0. The molecule has 62 valence electrons. The minimum atomic E-state index is -0.942. The Balaban J connectivity index is 0. The van der Waals surface area contributed by atoms with Gasteiger partial charge in [0.05, 0.1) is 0 Å². The van der Waals surface area contributed by atoms with E-state index in [9.17, 15) is 4.79 Å². The van der Waals surface area contributed by atoms with Crippen LogP contribution in [0.1, 0.15) is 20.8 Å². The Kier molecular flexibility index (Phi) is 4.69. The van der Waals surface area contributed by atoms with Gasteiger partial charge in [0.25, 0.3) is 0 Å². The molecule has 3 nitrogen and oxygen atoms in total. The molecule has 0 saturated carbocycles. The van der Waals surface area contributed by atoms with Gasteiger partial charge >= 0.3 is 5.97 Å². The van der Waals surface area contributed by atoms with Crippen molar-refractivity contribution in [3.05, 3.63) is 0 Å². The van der Waals surface area contributed by atoms with Crippen molar-refractivity contribution in [1.29, 1.82) is 0 Å². The van der Waals surface area contributed by atoms with Gasteiger partial charge in [-0.3, -0.25) is 4.79 Å². The Labute approximate surface area is 67.0 Å². The fourth-order valence-corrected chi connectivity index (χ4v) is 0.370. The summed E-state index contributed by atoms with van der Waals surface area (Å²) in [6.07, 6.45) is 0. The Hall–Kier alpha value is -0.280. The zero-order valence-electron chi connectivity index (χ0n) is 6.42. The molecule has 0 aromatic rings. The van der Waals surface area contributed by atoms with Crippen molar-refractivity contribution in [2.75, 3.05) is 0 Å². The van der Waals surface area contributed by atoms with Crippen LogP contribution >= 0.6 is 12.4 Å². The van der Waals surface area contributed by atoms with E-state index in [1.807, 2.05) is 0 Å². The first-order valence-corrected chi connectivity index (χ1v) is 2.84. The second-order valence-electron chi connectivity index (χ2n) is 3.18. The highest BCUT2D eigenvalue weighted by atomic mass is 35.5. The summed E-state index contributed by atoms with van der Waals surface area (Å²) >= 11 is 0. The molecule has 0 aromatic carbocycles. The van der Waals surface area contributed by atoms with E-state index in [2.05, 4.69) is 0 Å². The fourth-order valence-electron chi connectivity index (χ4n) is 0.370. The summed E-state index contributed by atoms with van der Waals surface area (Å²) in [5.41, 5.74) is 4.95.